The fraction of sp³-hybridized carbons (Fsp3) is 0.0435. The minimum absolute atomic E-state index is 1.15. The first-order chi connectivity index (χ1) is 23.1. The lowest BCUT2D eigenvalue weighted by atomic mass is 9.77. The van der Waals surface area contributed by atoms with Crippen LogP contribution in [0.3, 0.4) is 0 Å². The highest BCUT2D eigenvalue weighted by molar-refractivity contribution is 6.12. The lowest BCUT2D eigenvalue weighted by molar-refractivity contribution is 1.22. The summed E-state index contributed by atoms with van der Waals surface area (Å²) in [5.41, 5.74) is 16.4. The Morgan fingerprint density at radius 3 is 1.36 bits per heavy atom. The Labute approximate surface area is 276 Å². The van der Waals surface area contributed by atoms with Crippen LogP contribution in [0.15, 0.2) is 164 Å². The Bertz CT molecular complexity index is 2440. The second kappa shape index (κ2) is 10.9. The van der Waals surface area contributed by atoms with Gasteiger partial charge in [0.2, 0.25) is 0 Å². The summed E-state index contributed by atoms with van der Waals surface area (Å²) in [5.74, 6) is 0. The van der Waals surface area contributed by atoms with E-state index < -0.39 is 0 Å². The third-order valence-corrected chi connectivity index (χ3v) is 9.78. The topological polar surface area (TPSA) is 3.24 Å². The average Bonchev–Trinajstić information content (AvgIpc) is 3.12. The van der Waals surface area contributed by atoms with Crippen molar-refractivity contribution in [2.75, 3.05) is 4.90 Å². The van der Waals surface area contributed by atoms with Gasteiger partial charge in [0.25, 0.3) is 0 Å². The highest BCUT2D eigenvalue weighted by Crippen LogP contribution is 2.51. The smallest absolute Gasteiger partial charge is 0.0519 e. The maximum absolute atomic E-state index is 2.42. The van der Waals surface area contributed by atoms with E-state index in [-0.39, 0.29) is 0 Å². The van der Waals surface area contributed by atoms with Crippen molar-refractivity contribution in [1.29, 1.82) is 0 Å². The lowest BCUT2D eigenvalue weighted by Gasteiger charge is -2.30. The molecule has 8 aromatic rings. The molecular formula is C46H33N. The van der Waals surface area contributed by atoms with Crippen molar-refractivity contribution in [3.05, 3.63) is 175 Å². The molecule has 0 aliphatic heterocycles. The minimum Gasteiger partial charge on any atom is -0.310 e. The molecule has 0 amide bonds. The molecule has 0 N–H and O–H groups in total. The molecule has 1 aliphatic rings. The maximum Gasteiger partial charge on any atom is 0.0519 e. The molecule has 1 aliphatic carbocycles. The Morgan fingerprint density at radius 2 is 0.766 bits per heavy atom. The van der Waals surface area contributed by atoms with Crippen molar-refractivity contribution in [3.63, 3.8) is 0 Å². The van der Waals surface area contributed by atoms with Gasteiger partial charge in [0.05, 0.1) is 5.69 Å². The Hall–Kier alpha value is -5.92. The largest absolute Gasteiger partial charge is 0.310 e. The Kier molecular flexibility index (Phi) is 6.33. The van der Waals surface area contributed by atoms with Crippen LogP contribution < -0.4 is 4.90 Å². The van der Waals surface area contributed by atoms with Gasteiger partial charge in [-0.3, -0.25) is 0 Å². The van der Waals surface area contributed by atoms with Crippen LogP contribution in [0, 0.1) is 13.8 Å². The predicted molar refractivity (Wildman–Crippen MR) is 201 cm³/mol. The zero-order valence-electron chi connectivity index (χ0n) is 26.5. The van der Waals surface area contributed by atoms with Crippen molar-refractivity contribution in [3.8, 4) is 44.5 Å². The molecule has 0 atom stereocenters. The summed E-state index contributed by atoms with van der Waals surface area (Å²) in [6.07, 6.45) is 0. The number of fused-ring (bicyclic) bond motifs is 6. The molecule has 222 valence electrons. The SMILES string of the molecule is Cc1cccc(C)c1N(c1ccc(-c2ccccc2)cc1)c1ccc2cc3c(cc2c1)-c1cc2ccc(-c4ccccc4)cc2cc1-3. The number of benzene rings is 8. The number of rotatable bonds is 5. The van der Waals surface area contributed by atoms with E-state index in [2.05, 4.69) is 183 Å². The maximum atomic E-state index is 2.42. The van der Waals surface area contributed by atoms with E-state index >= 15 is 0 Å². The molecule has 9 rings (SSSR count). The summed E-state index contributed by atoms with van der Waals surface area (Å²) in [6, 6.07) is 60.0. The van der Waals surface area contributed by atoms with Crippen LogP contribution in [0.5, 0.6) is 0 Å². The quantitative estimate of drug-likeness (QED) is 0.190. The first-order valence-electron chi connectivity index (χ1n) is 16.3. The summed E-state index contributed by atoms with van der Waals surface area (Å²) in [4.78, 5) is 2.42. The standard InChI is InChI=1S/C46H33N/c1-30-10-9-11-31(2)46(30)47(40-21-18-34(19-22-40)32-12-5-3-6-13-32)41-23-20-37-27-43-44-28-38-24-35(33-14-7-4-8-15-33)16-17-36(38)26-42(44)45(43)29-39(37)25-41/h3-29H,1-2H3. The van der Waals surface area contributed by atoms with Crippen LogP contribution in [0.25, 0.3) is 66.1 Å². The van der Waals surface area contributed by atoms with Gasteiger partial charge in [-0.05, 0) is 146 Å². The van der Waals surface area contributed by atoms with Crippen LogP contribution in [0.4, 0.5) is 17.1 Å². The first kappa shape index (κ1) is 27.4. The van der Waals surface area contributed by atoms with Crippen molar-refractivity contribution < 1.29 is 0 Å². The van der Waals surface area contributed by atoms with E-state index in [9.17, 15) is 0 Å². The molecule has 0 radical (unpaired) electrons. The van der Waals surface area contributed by atoms with Gasteiger partial charge in [0.1, 0.15) is 0 Å². The first-order valence-corrected chi connectivity index (χ1v) is 16.3. The van der Waals surface area contributed by atoms with Gasteiger partial charge in [-0.2, -0.15) is 0 Å². The number of hydrogen-bond acceptors (Lipinski definition) is 1. The third kappa shape index (κ3) is 4.63. The van der Waals surface area contributed by atoms with Gasteiger partial charge < -0.3 is 4.90 Å². The number of anilines is 3. The van der Waals surface area contributed by atoms with E-state index in [0.717, 1.165) is 11.4 Å². The van der Waals surface area contributed by atoms with E-state index in [1.807, 2.05) is 0 Å². The number of hydrogen-bond donors (Lipinski definition) is 0. The minimum atomic E-state index is 1.15. The van der Waals surface area contributed by atoms with Gasteiger partial charge in [0.15, 0.2) is 0 Å². The van der Waals surface area contributed by atoms with Crippen molar-refractivity contribution in [2.45, 2.75) is 13.8 Å². The molecular weight excluding hydrogens is 567 g/mol. The molecule has 0 unspecified atom stereocenters. The van der Waals surface area contributed by atoms with Crippen LogP contribution in [0.2, 0.25) is 0 Å². The van der Waals surface area contributed by atoms with Crippen molar-refractivity contribution in [1.82, 2.24) is 0 Å². The fourth-order valence-electron chi connectivity index (χ4n) is 7.36. The molecule has 47 heavy (non-hydrogen) atoms. The van der Waals surface area contributed by atoms with Crippen molar-refractivity contribution in [2.24, 2.45) is 0 Å². The summed E-state index contributed by atoms with van der Waals surface area (Å²) < 4.78 is 0. The molecule has 0 saturated heterocycles. The van der Waals surface area contributed by atoms with Gasteiger partial charge in [-0.15, -0.1) is 0 Å². The second-order valence-electron chi connectivity index (χ2n) is 12.7. The molecule has 1 nitrogen and oxygen atoms in total. The van der Waals surface area contributed by atoms with Crippen LogP contribution in [0.1, 0.15) is 11.1 Å². The van der Waals surface area contributed by atoms with Gasteiger partial charge >= 0.3 is 0 Å². The number of para-hydroxylation sites is 1. The third-order valence-electron chi connectivity index (χ3n) is 9.78. The molecule has 0 bridgehead atoms. The second-order valence-corrected chi connectivity index (χ2v) is 12.7. The predicted octanol–water partition coefficient (Wildman–Crippen LogP) is 13.1. The van der Waals surface area contributed by atoms with Crippen LogP contribution in [-0.4, -0.2) is 0 Å². The Balaban J connectivity index is 1.13. The van der Waals surface area contributed by atoms with E-state index in [4.69, 9.17) is 0 Å². The van der Waals surface area contributed by atoms with Crippen molar-refractivity contribution >= 4 is 38.6 Å². The average molecular weight is 600 g/mol. The monoisotopic (exact) mass is 599 g/mol. The highest BCUT2D eigenvalue weighted by atomic mass is 15.1. The molecule has 8 aromatic carbocycles. The zero-order chi connectivity index (χ0) is 31.5. The van der Waals surface area contributed by atoms with Crippen LogP contribution >= 0.6 is 0 Å². The zero-order valence-corrected chi connectivity index (χ0v) is 26.5. The summed E-state index contributed by atoms with van der Waals surface area (Å²) in [5, 5.41) is 5.08. The van der Waals surface area contributed by atoms with E-state index in [1.54, 1.807) is 0 Å². The number of aryl methyl sites for hydroxylation is 2. The normalized spacial score (nSPS) is 11.6. The number of nitrogens with zero attached hydrogens (tertiary/aromatic N) is 1. The molecule has 0 spiro atoms. The van der Waals surface area contributed by atoms with Gasteiger partial charge in [-0.25, -0.2) is 0 Å². The molecule has 0 fully saturated rings. The van der Waals surface area contributed by atoms with Gasteiger partial charge in [-0.1, -0.05) is 109 Å². The fourth-order valence-corrected chi connectivity index (χ4v) is 7.36. The summed E-state index contributed by atoms with van der Waals surface area (Å²) >= 11 is 0. The summed E-state index contributed by atoms with van der Waals surface area (Å²) in [7, 11) is 0. The lowest BCUT2D eigenvalue weighted by Crippen LogP contribution is -2.13. The summed E-state index contributed by atoms with van der Waals surface area (Å²) in [6.45, 7) is 4.42. The Morgan fingerprint density at radius 1 is 0.319 bits per heavy atom. The van der Waals surface area contributed by atoms with Crippen LogP contribution in [-0.2, 0) is 0 Å². The molecule has 1 heteroatoms. The molecule has 0 aromatic heterocycles. The highest BCUT2D eigenvalue weighted by Gasteiger charge is 2.24. The van der Waals surface area contributed by atoms with E-state index in [0.29, 0.717) is 0 Å². The van der Waals surface area contributed by atoms with Gasteiger partial charge in [0, 0.05) is 11.4 Å². The molecule has 0 heterocycles. The van der Waals surface area contributed by atoms with E-state index in [1.165, 1.54) is 82.9 Å². The molecule has 0 saturated carbocycles.